The lowest BCUT2D eigenvalue weighted by Gasteiger charge is -2.32. The lowest BCUT2D eigenvalue weighted by molar-refractivity contribution is -0.133. The van der Waals surface area contributed by atoms with Gasteiger partial charge in [0.15, 0.2) is 0 Å². The van der Waals surface area contributed by atoms with E-state index < -0.39 is 0 Å². The summed E-state index contributed by atoms with van der Waals surface area (Å²) < 4.78 is 14.2. The molecule has 0 radical (unpaired) electrons. The summed E-state index contributed by atoms with van der Waals surface area (Å²) in [6, 6.07) is 8.81. The molecule has 0 aliphatic carbocycles. The Bertz CT molecular complexity index is 780. The van der Waals surface area contributed by atoms with Gasteiger partial charge in [0.05, 0.1) is 5.69 Å². The monoisotopic (exact) mass is 330 g/mol. The van der Waals surface area contributed by atoms with E-state index in [-0.39, 0.29) is 23.8 Å². The van der Waals surface area contributed by atoms with Crippen LogP contribution in [0.3, 0.4) is 0 Å². The van der Waals surface area contributed by atoms with Crippen LogP contribution in [0.25, 0.3) is 11.3 Å². The minimum atomic E-state index is -0.336. The van der Waals surface area contributed by atoms with Gasteiger partial charge in [-0.25, -0.2) is 9.07 Å². The van der Waals surface area contributed by atoms with E-state index in [0.29, 0.717) is 24.3 Å². The molecule has 24 heavy (non-hydrogen) atoms. The lowest BCUT2D eigenvalue weighted by Crippen LogP contribution is -2.48. The number of aromatic nitrogens is 2. The van der Waals surface area contributed by atoms with Gasteiger partial charge >= 0.3 is 0 Å². The maximum Gasteiger partial charge on any atom is 0.267 e. The quantitative estimate of drug-likeness (QED) is 0.836. The van der Waals surface area contributed by atoms with Gasteiger partial charge in [0.2, 0.25) is 5.91 Å². The molecule has 0 unspecified atom stereocenters. The number of nitrogens with zero attached hydrogens (tertiary/aromatic N) is 4. The second kappa shape index (κ2) is 6.92. The topological polar surface area (TPSA) is 58.4 Å². The molecule has 7 heteroatoms. The molecule has 0 atom stereocenters. The molecule has 0 saturated carbocycles. The molecule has 6 nitrogen and oxygen atoms in total. The van der Waals surface area contributed by atoms with Crippen molar-refractivity contribution in [1.82, 2.24) is 19.6 Å². The van der Waals surface area contributed by atoms with Crippen molar-refractivity contribution in [3.05, 3.63) is 52.6 Å². The van der Waals surface area contributed by atoms with Gasteiger partial charge in [-0.05, 0) is 37.4 Å². The number of carbonyl (C=O) groups excluding carboxylic acids is 1. The summed E-state index contributed by atoms with van der Waals surface area (Å²) >= 11 is 0. The standard InChI is InChI=1S/C17H19FN4O2/c1-20-8-10-21(11-9-20)17(24)12-22-16(23)7-6-15(19-22)13-2-4-14(18)5-3-13/h2-7H,8-12H2,1H3. The van der Waals surface area contributed by atoms with Crippen LogP contribution in [0.2, 0.25) is 0 Å². The zero-order valence-electron chi connectivity index (χ0n) is 13.5. The van der Waals surface area contributed by atoms with Crippen molar-refractivity contribution in [2.45, 2.75) is 6.54 Å². The third-order valence-corrected chi connectivity index (χ3v) is 4.15. The minimum absolute atomic E-state index is 0.0857. The van der Waals surface area contributed by atoms with E-state index >= 15 is 0 Å². The Morgan fingerprint density at radius 3 is 2.42 bits per heavy atom. The van der Waals surface area contributed by atoms with Crippen LogP contribution in [0, 0.1) is 5.82 Å². The van der Waals surface area contributed by atoms with Gasteiger partial charge in [-0.1, -0.05) is 0 Å². The molecule has 1 aliphatic rings. The van der Waals surface area contributed by atoms with E-state index in [1.54, 1.807) is 23.1 Å². The lowest BCUT2D eigenvalue weighted by atomic mass is 10.1. The highest BCUT2D eigenvalue weighted by Crippen LogP contribution is 2.15. The zero-order chi connectivity index (χ0) is 17.1. The summed E-state index contributed by atoms with van der Waals surface area (Å²) in [6.45, 7) is 2.87. The normalized spacial score (nSPS) is 15.5. The van der Waals surface area contributed by atoms with Crippen LogP contribution in [0.4, 0.5) is 4.39 Å². The van der Waals surface area contributed by atoms with E-state index in [9.17, 15) is 14.0 Å². The molecule has 1 aliphatic heterocycles. The van der Waals surface area contributed by atoms with Gasteiger partial charge < -0.3 is 9.80 Å². The summed E-state index contributed by atoms with van der Waals surface area (Å²) in [6.07, 6.45) is 0. The number of halogens is 1. The largest absolute Gasteiger partial charge is 0.339 e. The maximum atomic E-state index is 13.0. The number of likely N-dealkylation sites (N-methyl/N-ethyl adjacent to an activating group) is 1. The molecule has 2 aromatic rings. The second-order valence-corrected chi connectivity index (χ2v) is 5.91. The Hall–Kier alpha value is -2.54. The molecular weight excluding hydrogens is 311 g/mol. The van der Waals surface area contributed by atoms with E-state index in [0.717, 1.165) is 13.1 Å². The second-order valence-electron chi connectivity index (χ2n) is 5.91. The first kappa shape index (κ1) is 16.3. The van der Waals surface area contributed by atoms with Gasteiger partial charge in [0, 0.05) is 37.8 Å². The van der Waals surface area contributed by atoms with Crippen LogP contribution < -0.4 is 5.56 Å². The number of piperazine rings is 1. The van der Waals surface area contributed by atoms with Crippen LogP contribution >= 0.6 is 0 Å². The van der Waals surface area contributed by atoms with Crippen LogP contribution in [0.1, 0.15) is 0 Å². The third-order valence-electron chi connectivity index (χ3n) is 4.15. The zero-order valence-corrected chi connectivity index (χ0v) is 13.5. The number of hydrogen-bond acceptors (Lipinski definition) is 4. The molecule has 1 saturated heterocycles. The molecule has 1 aromatic heterocycles. The first-order chi connectivity index (χ1) is 11.5. The highest BCUT2D eigenvalue weighted by molar-refractivity contribution is 5.76. The fraction of sp³-hybridized carbons (Fsp3) is 0.353. The van der Waals surface area contributed by atoms with Crippen LogP contribution in [0.5, 0.6) is 0 Å². The summed E-state index contributed by atoms with van der Waals surface area (Å²) in [5.41, 5.74) is 0.890. The third kappa shape index (κ3) is 3.68. The molecule has 3 rings (SSSR count). The predicted octanol–water partition coefficient (Wildman–Crippen LogP) is 0.823. The Morgan fingerprint density at radius 1 is 1.08 bits per heavy atom. The smallest absolute Gasteiger partial charge is 0.267 e. The first-order valence-electron chi connectivity index (χ1n) is 7.83. The summed E-state index contributed by atoms with van der Waals surface area (Å²) in [7, 11) is 2.01. The van der Waals surface area contributed by atoms with E-state index in [2.05, 4.69) is 10.00 Å². The van der Waals surface area contributed by atoms with Crippen molar-refractivity contribution in [2.24, 2.45) is 0 Å². The van der Waals surface area contributed by atoms with Crippen molar-refractivity contribution in [3.8, 4) is 11.3 Å². The van der Waals surface area contributed by atoms with Crippen molar-refractivity contribution < 1.29 is 9.18 Å². The van der Waals surface area contributed by atoms with Crippen LogP contribution in [-0.2, 0) is 11.3 Å². The molecule has 1 amide bonds. The van der Waals surface area contributed by atoms with Crippen LogP contribution in [-0.4, -0.2) is 58.7 Å². The molecule has 0 bridgehead atoms. The van der Waals surface area contributed by atoms with Crippen molar-refractivity contribution >= 4 is 5.91 Å². The van der Waals surface area contributed by atoms with Gasteiger partial charge in [-0.3, -0.25) is 9.59 Å². The Balaban J connectivity index is 1.78. The Morgan fingerprint density at radius 2 is 1.75 bits per heavy atom. The first-order valence-corrected chi connectivity index (χ1v) is 7.83. The van der Waals surface area contributed by atoms with Gasteiger partial charge in [-0.15, -0.1) is 0 Å². The average molecular weight is 330 g/mol. The molecule has 1 fully saturated rings. The highest BCUT2D eigenvalue weighted by Gasteiger charge is 2.20. The Labute approximate surface area is 139 Å². The van der Waals surface area contributed by atoms with Crippen LogP contribution in [0.15, 0.2) is 41.2 Å². The van der Waals surface area contributed by atoms with Crippen molar-refractivity contribution in [3.63, 3.8) is 0 Å². The van der Waals surface area contributed by atoms with E-state index in [1.807, 2.05) is 7.05 Å². The number of carbonyl (C=O) groups is 1. The number of amides is 1. The molecule has 0 spiro atoms. The highest BCUT2D eigenvalue weighted by atomic mass is 19.1. The summed E-state index contributed by atoms with van der Waals surface area (Å²) in [5.74, 6) is -0.453. The van der Waals surface area contributed by atoms with E-state index in [4.69, 9.17) is 0 Å². The Kier molecular flexibility index (Phi) is 4.71. The van der Waals surface area contributed by atoms with Gasteiger partial charge in [0.25, 0.3) is 5.56 Å². The minimum Gasteiger partial charge on any atom is -0.339 e. The maximum absolute atomic E-state index is 13.0. The molecular formula is C17H19FN4O2. The number of rotatable bonds is 3. The SMILES string of the molecule is CN1CCN(C(=O)Cn2nc(-c3ccc(F)cc3)ccc2=O)CC1. The molecule has 0 N–H and O–H groups in total. The van der Waals surface area contributed by atoms with Gasteiger partial charge in [-0.2, -0.15) is 5.10 Å². The fourth-order valence-electron chi connectivity index (χ4n) is 2.62. The summed E-state index contributed by atoms with van der Waals surface area (Å²) in [4.78, 5) is 28.3. The van der Waals surface area contributed by atoms with Gasteiger partial charge in [0.1, 0.15) is 12.4 Å². The number of benzene rings is 1. The number of hydrogen-bond donors (Lipinski definition) is 0. The van der Waals surface area contributed by atoms with Crippen molar-refractivity contribution in [2.75, 3.05) is 33.2 Å². The van der Waals surface area contributed by atoms with Crippen molar-refractivity contribution in [1.29, 1.82) is 0 Å². The predicted molar refractivity (Wildman–Crippen MR) is 88.0 cm³/mol. The van der Waals surface area contributed by atoms with E-state index in [1.165, 1.54) is 22.9 Å². The average Bonchev–Trinajstić information content (AvgIpc) is 2.58. The molecule has 2 heterocycles. The fourth-order valence-corrected chi connectivity index (χ4v) is 2.62. The molecule has 1 aromatic carbocycles. The summed E-state index contributed by atoms with van der Waals surface area (Å²) in [5, 5.41) is 4.25. The molecule has 126 valence electrons.